The molecule has 1 aliphatic heterocycles. The van der Waals surface area contributed by atoms with Crippen LogP contribution in [0.15, 0.2) is 54.6 Å². The van der Waals surface area contributed by atoms with E-state index in [1.807, 2.05) is 12.1 Å². The molecule has 1 unspecified atom stereocenters. The van der Waals surface area contributed by atoms with E-state index in [2.05, 4.69) is 42.5 Å². The Hall–Kier alpha value is -3.18. The topological polar surface area (TPSA) is 46.2 Å². The van der Waals surface area contributed by atoms with Crippen LogP contribution in [0.2, 0.25) is 0 Å². The largest absolute Gasteiger partial charge is 0.497 e. The molecule has 2 aliphatic carbocycles. The van der Waals surface area contributed by atoms with Crippen LogP contribution in [0, 0.1) is 5.41 Å². The van der Waals surface area contributed by atoms with Crippen LogP contribution in [0.5, 0.6) is 23.0 Å². The standard InChI is InChI=1S/C28H28O5/c1-29-17-12-19-23(21(14-17)31-3)25(16-8-6-5-7-9-16)28-10-11-33-27(28)20-13-18(30-2)15-22(32-4)24(20)26(19)28/h5-9,12-15,25-27H,10-11H2,1-4H3/t25-,26+,27?,28+/m1/s1. The number of ether oxygens (including phenoxy) is 5. The molecule has 1 heterocycles. The number of rotatable bonds is 5. The van der Waals surface area contributed by atoms with Gasteiger partial charge in [0.25, 0.3) is 0 Å². The highest BCUT2D eigenvalue weighted by Gasteiger charge is 2.67. The zero-order chi connectivity index (χ0) is 22.7. The lowest BCUT2D eigenvalue weighted by molar-refractivity contribution is 0.0511. The van der Waals surface area contributed by atoms with Gasteiger partial charge in [0.05, 0.1) is 34.5 Å². The second-order valence-electron chi connectivity index (χ2n) is 9.06. The number of fused-ring (bicyclic) bond motifs is 5. The molecule has 1 spiro atoms. The van der Waals surface area contributed by atoms with Crippen molar-refractivity contribution in [1.82, 2.24) is 0 Å². The van der Waals surface area contributed by atoms with Gasteiger partial charge in [0.15, 0.2) is 0 Å². The quantitative estimate of drug-likeness (QED) is 0.523. The molecule has 1 saturated heterocycles. The zero-order valence-electron chi connectivity index (χ0n) is 19.4. The molecule has 1 fully saturated rings. The first-order chi connectivity index (χ1) is 16.2. The van der Waals surface area contributed by atoms with Gasteiger partial charge in [0, 0.05) is 47.1 Å². The summed E-state index contributed by atoms with van der Waals surface area (Å²) in [6, 6.07) is 19.1. The van der Waals surface area contributed by atoms with Gasteiger partial charge in [-0.05, 0) is 35.2 Å². The maximum atomic E-state index is 6.54. The zero-order valence-corrected chi connectivity index (χ0v) is 19.4. The summed E-state index contributed by atoms with van der Waals surface area (Å²) in [7, 11) is 6.87. The number of hydrogen-bond acceptors (Lipinski definition) is 5. The van der Waals surface area contributed by atoms with Crippen molar-refractivity contribution >= 4 is 0 Å². The van der Waals surface area contributed by atoms with Gasteiger partial charge in [-0.3, -0.25) is 0 Å². The van der Waals surface area contributed by atoms with Gasteiger partial charge in [0.2, 0.25) is 0 Å². The van der Waals surface area contributed by atoms with Crippen molar-refractivity contribution in [2.45, 2.75) is 24.4 Å². The van der Waals surface area contributed by atoms with Crippen molar-refractivity contribution in [2.24, 2.45) is 5.41 Å². The maximum absolute atomic E-state index is 6.54. The summed E-state index contributed by atoms with van der Waals surface area (Å²) in [4.78, 5) is 0. The molecule has 0 amide bonds. The molecular formula is C28H28O5. The molecule has 33 heavy (non-hydrogen) atoms. The van der Waals surface area contributed by atoms with Gasteiger partial charge >= 0.3 is 0 Å². The molecule has 4 atom stereocenters. The van der Waals surface area contributed by atoms with E-state index in [-0.39, 0.29) is 23.4 Å². The second-order valence-corrected chi connectivity index (χ2v) is 9.06. The minimum Gasteiger partial charge on any atom is -0.497 e. The Labute approximate surface area is 194 Å². The lowest BCUT2D eigenvalue weighted by Crippen LogP contribution is -2.29. The third kappa shape index (κ3) is 2.57. The van der Waals surface area contributed by atoms with E-state index in [1.165, 1.54) is 27.8 Å². The first-order valence-electron chi connectivity index (χ1n) is 11.4. The Morgan fingerprint density at radius 1 is 0.727 bits per heavy atom. The van der Waals surface area contributed by atoms with Gasteiger partial charge < -0.3 is 23.7 Å². The Morgan fingerprint density at radius 3 is 1.94 bits per heavy atom. The van der Waals surface area contributed by atoms with E-state index < -0.39 is 0 Å². The van der Waals surface area contributed by atoms with Crippen molar-refractivity contribution in [2.75, 3.05) is 35.0 Å². The Balaban J connectivity index is 1.72. The summed E-state index contributed by atoms with van der Waals surface area (Å²) in [5.74, 6) is 3.51. The summed E-state index contributed by atoms with van der Waals surface area (Å²) in [5, 5.41) is 0. The van der Waals surface area contributed by atoms with Crippen LogP contribution in [0.3, 0.4) is 0 Å². The first-order valence-corrected chi connectivity index (χ1v) is 11.4. The number of benzene rings is 3. The maximum Gasteiger partial charge on any atom is 0.126 e. The minimum absolute atomic E-state index is 0.0604. The van der Waals surface area contributed by atoms with Crippen LogP contribution in [0.25, 0.3) is 0 Å². The molecule has 5 nitrogen and oxygen atoms in total. The molecule has 0 bridgehead atoms. The van der Waals surface area contributed by atoms with Crippen LogP contribution in [0.4, 0.5) is 0 Å². The lowest BCUT2D eigenvalue weighted by Gasteiger charge is -2.36. The summed E-state index contributed by atoms with van der Waals surface area (Å²) in [5.41, 5.74) is 5.93. The summed E-state index contributed by atoms with van der Waals surface area (Å²) >= 11 is 0. The van der Waals surface area contributed by atoms with Crippen LogP contribution < -0.4 is 18.9 Å². The molecular weight excluding hydrogens is 416 g/mol. The minimum atomic E-state index is -0.175. The molecule has 0 N–H and O–H groups in total. The summed E-state index contributed by atoms with van der Waals surface area (Å²) in [6.45, 7) is 0.719. The predicted octanol–water partition coefficient (Wildman–Crippen LogP) is 5.46. The van der Waals surface area contributed by atoms with E-state index in [4.69, 9.17) is 23.7 Å². The molecule has 3 aromatic carbocycles. The van der Waals surface area contributed by atoms with Crippen molar-refractivity contribution in [3.8, 4) is 23.0 Å². The van der Waals surface area contributed by atoms with Crippen molar-refractivity contribution < 1.29 is 23.7 Å². The molecule has 0 aromatic heterocycles. The van der Waals surface area contributed by atoms with E-state index in [0.29, 0.717) is 0 Å². The third-order valence-corrected chi connectivity index (χ3v) is 7.89. The van der Waals surface area contributed by atoms with Crippen LogP contribution in [0.1, 0.15) is 52.2 Å². The van der Waals surface area contributed by atoms with Crippen molar-refractivity contribution in [1.29, 1.82) is 0 Å². The SMILES string of the molecule is COc1cc(OC)c2c(c1)C1OCC[C@@]13[C@H](c1ccccc1)c1c(OC)cc(OC)cc1[C@@H]23. The highest BCUT2D eigenvalue weighted by molar-refractivity contribution is 5.68. The fourth-order valence-corrected chi connectivity index (χ4v) is 6.77. The van der Waals surface area contributed by atoms with E-state index in [0.717, 1.165) is 36.0 Å². The molecule has 0 radical (unpaired) electrons. The molecule has 5 heteroatoms. The summed E-state index contributed by atoms with van der Waals surface area (Å²) < 4.78 is 29.8. The Bertz CT molecular complexity index is 1220. The molecule has 6 rings (SSSR count). The number of hydrogen-bond donors (Lipinski definition) is 0. The molecule has 3 aromatic rings. The lowest BCUT2D eigenvalue weighted by atomic mass is 9.66. The highest BCUT2D eigenvalue weighted by atomic mass is 16.5. The normalized spacial score (nSPS) is 26.2. The fraction of sp³-hybridized carbons (Fsp3) is 0.357. The van der Waals surface area contributed by atoms with Crippen LogP contribution >= 0.6 is 0 Å². The van der Waals surface area contributed by atoms with Gasteiger partial charge in [-0.1, -0.05) is 30.3 Å². The number of methoxy groups -OCH3 is 4. The van der Waals surface area contributed by atoms with Gasteiger partial charge in [-0.15, -0.1) is 0 Å². The molecule has 0 saturated carbocycles. The Kier molecular flexibility index (Phi) is 4.59. The highest BCUT2D eigenvalue weighted by Crippen LogP contribution is 2.76. The molecule has 170 valence electrons. The van der Waals surface area contributed by atoms with E-state index in [1.54, 1.807) is 28.4 Å². The first kappa shape index (κ1) is 20.4. The van der Waals surface area contributed by atoms with Crippen LogP contribution in [-0.2, 0) is 4.74 Å². The van der Waals surface area contributed by atoms with E-state index >= 15 is 0 Å². The van der Waals surface area contributed by atoms with Crippen LogP contribution in [-0.4, -0.2) is 35.0 Å². The second kappa shape index (κ2) is 7.42. The Morgan fingerprint density at radius 2 is 1.33 bits per heavy atom. The van der Waals surface area contributed by atoms with Crippen molar-refractivity contribution in [3.05, 3.63) is 82.4 Å². The molecule has 3 aliphatic rings. The van der Waals surface area contributed by atoms with Gasteiger partial charge in [0.1, 0.15) is 23.0 Å². The average Bonchev–Trinajstić information content (AvgIpc) is 3.49. The monoisotopic (exact) mass is 444 g/mol. The van der Waals surface area contributed by atoms with Gasteiger partial charge in [-0.2, -0.15) is 0 Å². The van der Waals surface area contributed by atoms with E-state index in [9.17, 15) is 0 Å². The third-order valence-electron chi connectivity index (χ3n) is 7.89. The fourth-order valence-electron chi connectivity index (χ4n) is 6.77. The smallest absolute Gasteiger partial charge is 0.126 e. The van der Waals surface area contributed by atoms with Crippen molar-refractivity contribution in [3.63, 3.8) is 0 Å². The average molecular weight is 445 g/mol. The predicted molar refractivity (Wildman–Crippen MR) is 125 cm³/mol. The van der Waals surface area contributed by atoms with Gasteiger partial charge in [-0.25, -0.2) is 0 Å². The summed E-state index contributed by atoms with van der Waals surface area (Å²) in [6.07, 6.45) is 0.886.